The van der Waals surface area contributed by atoms with Gasteiger partial charge in [-0.15, -0.1) is 0 Å². The molecule has 1 aliphatic heterocycles. The summed E-state index contributed by atoms with van der Waals surface area (Å²) < 4.78 is 36.7. The second kappa shape index (κ2) is 6.43. The number of aliphatic hydroxyl groups excluding tert-OH is 1. The molecule has 1 heterocycles. The molecule has 0 aliphatic carbocycles. The molecule has 1 fully saturated rings. The van der Waals surface area contributed by atoms with Gasteiger partial charge in [0.2, 0.25) is 11.8 Å². The van der Waals surface area contributed by atoms with Crippen LogP contribution in [0.5, 0.6) is 0 Å². The lowest BCUT2D eigenvalue weighted by atomic mass is 10.1. The molecule has 5 nitrogen and oxygen atoms in total. The lowest BCUT2D eigenvalue weighted by Crippen LogP contribution is -2.40. The highest BCUT2D eigenvalue weighted by molar-refractivity contribution is 5.89. The molecular weight excluding hydrogens is 277 g/mol. The normalized spacial score (nSPS) is 21.4. The number of nitrogens with zero attached hydrogens (tertiary/aromatic N) is 1. The van der Waals surface area contributed by atoms with Crippen molar-refractivity contribution in [2.75, 3.05) is 19.6 Å². The fourth-order valence-electron chi connectivity index (χ4n) is 1.90. The van der Waals surface area contributed by atoms with Crippen LogP contribution in [0.2, 0.25) is 0 Å². The Hall–Kier alpha value is -1.31. The van der Waals surface area contributed by atoms with Gasteiger partial charge in [0.1, 0.15) is 6.54 Å². The molecule has 0 aromatic heterocycles. The molecule has 1 aliphatic rings. The first-order chi connectivity index (χ1) is 9.10. The molecule has 1 rings (SSSR count). The summed E-state index contributed by atoms with van der Waals surface area (Å²) in [6, 6.07) is 0. The predicted octanol–water partition coefficient (Wildman–Crippen LogP) is 0.530. The highest BCUT2D eigenvalue weighted by Crippen LogP contribution is 2.23. The first-order valence-corrected chi connectivity index (χ1v) is 6.40. The van der Waals surface area contributed by atoms with Gasteiger partial charge in [0, 0.05) is 19.5 Å². The fourth-order valence-corrected chi connectivity index (χ4v) is 1.90. The van der Waals surface area contributed by atoms with Crippen LogP contribution in [0, 0.1) is 11.8 Å². The van der Waals surface area contributed by atoms with Gasteiger partial charge in [0.15, 0.2) is 0 Å². The quantitative estimate of drug-likeness (QED) is 0.777. The zero-order valence-electron chi connectivity index (χ0n) is 11.4. The number of rotatable bonds is 5. The minimum Gasteiger partial charge on any atom is -0.391 e. The summed E-state index contributed by atoms with van der Waals surface area (Å²) in [4.78, 5) is 23.8. The van der Waals surface area contributed by atoms with Crippen molar-refractivity contribution in [3.63, 3.8) is 0 Å². The van der Waals surface area contributed by atoms with E-state index in [0.717, 1.165) is 0 Å². The molecule has 0 spiro atoms. The Morgan fingerprint density at radius 3 is 2.60 bits per heavy atom. The maximum atomic E-state index is 12.2. The first-order valence-electron chi connectivity index (χ1n) is 6.40. The molecule has 0 bridgehead atoms. The van der Waals surface area contributed by atoms with Gasteiger partial charge in [0.25, 0.3) is 0 Å². The minimum atomic E-state index is -4.46. The monoisotopic (exact) mass is 296 g/mol. The fraction of sp³-hybridized carbons (Fsp3) is 0.833. The van der Waals surface area contributed by atoms with Crippen LogP contribution in [0.1, 0.15) is 20.3 Å². The number of aliphatic hydroxyl groups is 1. The number of likely N-dealkylation sites (tertiary alicyclic amines) is 1. The van der Waals surface area contributed by atoms with Crippen LogP contribution >= 0.6 is 0 Å². The zero-order chi connectivity index (χ0) is 15.5. The highest BCUT2D eigenvalue weighted by Gasteiger charge is 2.40. The maximum Gasteiger partial charge on any atom is 0.406 e. The highest BCUT2D eigenvalue weighted by atomic mass is 19.4. The predicted molar refractivity (Wildman–Crippen MR) is 64.6 cm³/mol. The van der Waals surface area contributed by atoms with Crippen LogP contribution in [-0.2, 0) is 9.59 Å². The van der Waals surface area contributed by atoms with Crippen molar-refractivity contribution in [3.8, 4) is 0 Å². The topological polar surface area (TPSA) is 69.6 Å². The van der Waals surface area contributed by atoms with Crippen molar-refractivity contribution in [1.82, 2.24) is 10.2 Å². The Morgan fingerprint density at radius 2 is 2.10 bits per heavy atom. The summed E-state index contributed by atoms with van der Waals surface area (Å²) in [6.07, 6.45) is -5.41. The summed E-state index contributed by atoms with van der Waals surface area (Å²) in [5.41, 5.74) is 0. The number of halogens is 3. The molecular formula is C12H19F3N2O3. The Balaban J connectivity index is 2.46. The molecule has 0 aromatic rings. The SMILES string of the molecule is CC(C)C(O)CNC(=O)C1CC(=O)N(CC(F)(F)F)C1. The van der Waals surface area contributed by atoms with Gasteiger partial charge >= 0.3 is 6.18 Å². The minimum absolute atomic E-state index is 0.0282. The molecule has 0 aromatic carbocycles. The van der Waals surface area contributed by atoms with Gasteiger partial charge in [-0.1, -0.05) is 13.8 Å². The van der Waals surface area contributed by atoms with Gasteiger partial charge in [-0.3, -0.25) is 9.59 Å². The number of hydrogen-bond acceptors (Lipinski definition) is 3. The Morgan fingerprint density at radius 1 is 1.50 bits per heavy atom. The molecule has 0 saturated carbocycles. The number of carbonyl (C=O) groups excluding carboxylic acids is 2. The molecule has 8 heteroatoms. The lowest BCUT2D eigenvalue weighted by molar-refractivity contribution is -0.157. The van der Waals surface area contributed by atoms with Crippen molar-refractivity contribution in [2.24, 2.45) is 11.8 Å². The second-order valence-electron chi connectivity index (χ2n) is 5.35. The third-order valence-corrected chi connectivity index (χ3v) is 3.21. The van der Waals surface area contributed by atoms with Crippen LogP contribution < -0.4 is 5.32 Å². The van der Waals surface area contributed by atoms with E-state index in [1.54, 1.807) is 13.8 Å². The summed E-state index contributed by atoms with van der Waals surface area (Å²) in [5.74, 6) is -2.00. The number of carbonyl (C=O) groups is 2. The van der Waals surface area contributed by atoms with Crippen LogP contribution in [0.3, 0.4) is 0 Å². The third kappa shape index (κ3) is 4.99. The summed E-state index contributed by atoms with van der Waals surface area (Å²) in [7, 11) is 0. The van der Waals surface area contributed by atoms with Crippen LogP contribution in [-0.4, -0.2) is 53.7 Å². The summed E-state index contributed by atoms with van der Waals surface area (Å²) in [6.45, 7) is 2.02. The molecule has 116 valence electrons. The Labute approximate surface area is 115 Å². The van der Waals surface area contributed by atoms with Crippen molar-refractivity contribution in [1.29, 1.82) is 0 Å². The van der Waals surface area contributed by atoms with E-state index in [0.29, 0.717) is 4.90 Å². The molecule has 2 atom stereocenters. The third-order valence-electron chi connectivity index (χ3n) is 3.21. The molecule has 2 unspecified atom stereocenters. The molecule has 2 amide bonds. The van der Waals surface area contributed by atoms with E-state index in [4.69, 9.17) is 0 Å². The van der Waals surface area contributed by atoms with Crippen LogP contribution in [0.25, 0.3) is 0 Å². The van der Waals surface area contributed by atoms with Gasteiger partial charge in [0.05, 0.1) is 12.0 Å². The average molecular weight is 296 g/mol. The molecule has 2 N–H and O–H groups in total. The number of nitrogens with one attached hydrogen (secondary N) is 1. The van der Waals surface area contributed by atoms with Gasteiger partial charge in [-0.05, 0) is 5.92 Å². The van der Waals surface area contributed by atoms with E-state index in [9.17, 15) is 27.9 Å². The smallest absolute Gasteiger partial charge is 0.391 e. The van der Waals surface area contributed by atoms with E-state index in [-0.39, 0.29) is 25.4 Å². The molecule has 20 heavy (non-hydrogen) atoms. The second-order valence-corrected chi connectivity index (χ2v) is 5.35. The van der Waals surface area contributed by atoms with E-state index in [1.165, 1.54) is 0 Å². The van der Waals surface area contributed by atoms with E-state index in [2.05, 4.69) is 5.32 Å². The van der Waals surface area contributed by atoms with Crippen molar-refractivity contribution >= 4 is 11.8 Å². The van der Waals surface area contributed by atoms with Gasteiger partial charge in [-0.2, -0.15) is 13.2 Å². The number of amides is 2. The summed E-state index contributed by atoms with van der Waals surface area (Å²) in [5, 5.41) is 12.0. The molecule has 1 saturated heterocycles. The zero-order valence-corrected chi connectivity index (χ0v) is 11.4. The van der Waals surface area contributed by atoms with E-state index in [1.807, 2.05) is 0 Å². The molecule has 0 radical (unpaired) electrons. The Bertz CT molecular complexity index is 371. The largest absolute Gasteiger partial charge is 0.406 e. The number of hydrogen-bond donors (Lipinski definition) is 2. The lowest BCUT2D eigenvalue weighted by Gasteiger charge is -2.19. The first kappa shape index (κ1) is 16.7. The van der Waals surface area contributed by atoms with Gasteiger partial charge in [-0.25, -0.2) is 0 Å². The average Bonchev–Trinajstić information content (AvgIpc) is 2.65. The van der Waals surface area contributed by atoms with E-state index < -0.39 is 36.6 Å². The maximum absolute atomic E-state index is 12.2. The van der Waals surface area contributed by atoms with Crippen LogP contribution in [0.15, 0.2) is 0 Å². The van der Waals surface area contributed by atoms with Crippen molar-refractivity contribution in [3.05, 3.63) is 0 Å². The van der Waals surface area contributed by atoms with Crippen molar-refractivity contribution < 1.29 is 27.9 Å². The summed E-state index contributed by atoms with van der Waals surface area (Å²) >= 11 is 0. The van der Waals surface area contributed by atoms with Crippen LogP contribution in [0.4, 0.5) is 13.2 Å². The Kier molecular flexibility index (Phi) is 5.38. The van der Waals surface area contributed by atoms with Gasteiger partial charge < -0.3 is 15.3 Å². The number of alkyl halides is 3. The standard InChI is InChI=1S/C12H19F3N2O3/c1-7(2)9(18)4-16-11(20)8-3-10(19)17(5-8)6-12(13,14)15/h7-9,18H,3-6H2,1-2H3,(H,16,20). The van der Waals surface area contributed by atoms with E-state index >= 15 is 0 Å². The van der Waals surface area contributed by atoms with Crippen molar-refractivity contribution in [2.45, 2.75) is 32.5 Å².